The van der Waals surface area contributed by atoms with Gasteiger partial charge in [-0.15, -0.1) is 0 Å². The number of epoxide rings is 1. The summed E-state index contributed by atoms with van der Waals surface area (Å²) in [5.41, 5.74) is 3.69. The number of piperidine rings is 1. The van der Waals surface area contributed by atoms with Gasteiger partial charge in [0.05, 0.1) is 41.8 Å². The van der Waals surface area contributed by atoms with Gasteiger partial charge in [-0.05, 0) is 38.0 Å². The van der Waals surface area contributed by atoms with Crippen LogP contribution in [0.4, 0.5) is 11.5 Å². The molecule has 0 bridgehead atoms. The van der Waals surface area contributed by atoms with Crippen molar-refractivity contribution >= 4 is 38.8 Å². The minimum Gasteiger partial charge on any atom is -0.390 e. The quantitative estimate of drug-likeness (QED) is 0.427. The molecule has 11 nitrogen and oxygen atoms in total. The van der Waals surface area contributed by atoms with Crippen LogP contribution in [0.15, 0.2) is 30.5 Å². The molecule has 3 saturated heterocycles. The van der Waals surface area contributed by atoms with Crippen LogP contribution < -0.4 is 9.62 Å². The molecule has 3 aliphatic rings. The third-order valence-electron chi connectivity index (χ3n) is 7.67. The molecular weight excluding hydrogens is 542 g/mol. The summed E-state index contributed by atoms with van der Waals surface area (Å²) in [6.07, 6.45) is 4.83. The van der Waals surface area contributed by atoms with Crippen LogP contribution in [-0.4, -0.2) is 71.2 Å². The number of nitrogens with one attached hydrogen (secondary N) is 1. The molecule has 0 amide bonds. The second kappa shape index (κ2) is 9.91. The number of nitrogens with zero attached hydrogens (tertiary/aromatic N) is 6. The van der Waals surface area contributed by atoms with E-state index in [-0.39, 0.29) is 18.4 Å². The van der Waals surface area contributed by atoms with Gasteiger partial charge in [-0.1, -0.05) is 18.0 Å². The smallest absolute Gasteiger partial charge is 0.229 e. The van der Waals surface area contributed by atoms with Gasteiger partial charge in [-0.25, -0.2) is 17.9 Å². The number of β-amino-alcohol motifs (C(OH)–C–C–N with tert-alkyl or cyclic N) is 1. The van der Waals surface area contributed by atoms with Crippen molar-refractivity contribution in [3.63, 3.8) is 0 Å². The molecule has 13 heteroatoms. The molecule has 206 valence electrons. The Balaban J connectivity index is 1.27. The van der Waals surface area contributed by atoms with E-state index in [1.165, 1.54) is 0 Å². The number of nitriles is 1. The average molecular weight is 572 g/mol. The number of aromatic nitrogens is 3. The van der Waals surface area contributed by atoms with E-state index in [0.29, 0.717) is 35.0 Å². The number of hydrogen-bond donors (Lipinski definition) is 2. The van der Waals surface area contributed by atoms with Gasteiger partial charge in [-0.2, -0.15) is 10.4 Å². The molecule has 3 fully saturated rings. The van der Waals surface area contributed by atoms with Crippen molar-refractivity contribution in [2.45, 2.75) is 50.7 Å². The molecule has 2 N–H and O–H groups in total. The number of hydrogen-bond acceptors (Lipinski definition) is 9. The summed E-state index contributed by atoms with van der Waals surface area (Å²) < 4.78 is 34.4. The van der Waals surface area contributed by atoms with Gasteiger partial charge in [0.2, 0.25) is 10.0 Å². The zero-order valence-electron chi connectivity index (χ0n) is 21.7. The van der Waals surface area contributed by atoms with Gasteiger partial charge >= 0.3 is 0 Å². The van der Waals surface area contributed by atoms with Crippen molar-refractivity contribution in [3.8, 4) is 6.07 Å². The number of benzene rings is 1. The van der Waals surface area contributed by atoms with E-state index in [1.807, 2.05) is 24.1 Å². The molecule has 0 radical (unpaired) electrons. The van der Waals surface area contributed by atoms with Crippen molar-refractivity contribution in [3.05, 3.63) is 52.3 Å². The Morgan fingerprint density at radius 2 is 2.08 bits per heavy atom. The lowest BCUT2D eigenvalue weighted by Crippen LogP contribution is -2.36. The predicted molar refractivity (Wildman–Crippen MR) is 146 cm³/mol. The summed E-state index contributed by atoms with van der Waals surface area (Å²) in [6, 6.07) is 9.26. The summed E-state index contributed by atoms with van der Waals surface area (Å²) in [7, 11) is -3.47. The molecule has 2 aromatic heterocycles. The molecule has 5 atom stereocenters. The van der Waals surface area contributed by atoms with Crippen LogP contribution in [0, 0.1) is 24.2 Å². The largest absolute Gasteiger partial charge is 0.390 e. The van der Waals surface area contributed by atoms with Crippen LogP contribution in [0.3, 0.4) is 0 Å². The van der Waals surface area contributed by atoms with E-state index in [1.54, 1.807) is 22.7 Å². The van der Waals surface area contributed by atoms with Crippen LogP contribution in [0.5, 0.6) is 0 Å². The van der Waals surface area contributed by atoms with E-state index in [2.05, 4.69) is 15.7 Å². The fraction of sp³-hybridized carbons (Fsp3) is 0.500. The maximum atomic E-state index is 11.9. The fourth-order valence-corrected chi connectivity index (χ4v) is 6.58. The first-order chi connectivity index (χ1) is 18.6. The lowest BCUT2D eigenvalue weighted by molar-refractivity contribution is 0.0859. The van der Waals surface area contributed by atoms with Gasteiger partial charge < -0.3 is 14.7 Å². The lowest BCUT2D eigenvalue weighted by atomic mass is 9.98. The second-order valence-electron chi connectivity index (χ2n) is 10.6. The maximum Gasteiger partial charge on any atom is 0.229 e. The van der Waals surface area contributed by atoms with Crippen LogP contribution in [0.1, 0.15) is 48.2 Å². The summed E-state index contributed by atoms with van der Waals surface area (Å²) in [4.78, 5) is 9.11. The molecule has 6 rings (SSSR count). The zero-order valence-corrected chi connectivity index (χ0v) is 23.2. The second-order valence-corrected chi connectivity index (χ2v) is 12.8. The third kappa shape index (κ3) is 5.17. The van der Waals surface area contributed by atoms with Crippen molar-refractivity contribution in [2.24, 2.45) is 5.92 Å². The van der Waals surface area contributed by atoms with Gasteiger partial charge in [-0.3, -0.25) is 9.62 Å². The Labute approximate surface area is 232 Å². The molecule has 3 aliphatic heterocycles. The Hall–Kier alpha value is -2.95. The number of anilines is 2. The fourth-order valence-electron chi connectivity index (χ4n) is 5.81. The van der Waals surface area contributed by atoms with E-state index in [4.69, 9.17) is 26.4 Å². The minimum absolute atomic E-state index is 0.0151. The number of rotatable bonds is 6. The number of aliphatic hydroxyl groups is 1. The van der Waals surface area contributed by atoms with E-state index in [0.717, 1.165) is 49.1 Å². The minimum atomic E-state index is -3.47. The van der Waals surface area contributed by atoms with Crippen molar-refractivity contribution in [1.82, 2.24) is 19.5 Å². The normalized spacial score (nSPS) is 27.6. The number of halogens is 1. The molecule has 1 aromatic carbocycles. The number of sulfonamides is 1. The van der Waals surface area contributed by atoms with Crippen molar-refractivity contribution in [2.75, 3.05) is 35.5 Å². The molecule has 0 aliphatic carbocycles. The van der Waals surface area contributed by atoms with Gasteiger partial charge in [0.1, 0.15) is 18.1 Å². The molecule has 0 saturated carbocycles. The standard InChI is InChI=1S/C26H30ClN7O4S/c1-15-12-34-23(29-25(15)32-13-16(11-28)22(35)14-32)10-20(30-34)21-5-3-4-8-33(21)26-24(38-26)18-9-17(27)6-7-19(18)31-39(2,36)37/h6-7,9-10,12,16,21-22,24,26,31,35H,3-5,8,13-14H2,1-2H3/t16?,21-,22?,24?,26?/m0/s1. The molecule has 4 unspecified atom stereocenters. The number of likely N-dealkylation sites (tertiary alicyclic amines) is 1. The Morgan fingerprint density at radius 3 is 2.82 bits per heavy atom. The van der Waals surface area contributed by atoms with Gasteiger partial charge in [0.25, 0.3) is 0 Å². The van der Waals surface area contributed by atoms with E-state index < -0.39 is 22.0 Å². The van der Waals surface area contributed by atoms with Crippen molar-refractivity contribution < 1.29 is 18.3 Å². The van der Waals surface area contributed by atoms with Gasteiger partial charge in [0, 0.05) is 48.0 Å². The average Bonchev–Trinajstić information content (AvgIpc) is 3.43. The van der Waals surface area contributed by atoms with E-state index in [9.17, 15) is 18.8 Å². The molecule has 39 heavy (non-hydrogen) atoms. The first kappa shape index (κ1) is 26.3. The summed E-state index contributed by atoms with van der Waals surface area (Å²) in [5, 5.41) is 24.9. The zero-order chi connectivity index (χ0) is 27.5. The Bertz CT molecular complexity index is 1570. The number of fused-ring (bicyclic) bond motifs is 1. The molecular formula is C26H30ClN7O4S. The summed E-state index contributed by atoms with van der Waals surface area (Å²) in [6.45, 7) is 3.60. The van der Waals surface area contributed by atoms with Gasteiger partial charge in [0.15, 0.2) is 5.65 Å². The molecule has 5 heterocycles. The topological polar surface area (TPSA) is 139 Å². The number of aryl methyl sites for hydroxylation is 1. The number of aliphatic hydroxyl groups excluding tert-OH is 1. The third-order valence-corrected chi connectivity index (χ3v) is 8.50. The number of ether oxygens (including phenoxy) is 1. The Morgan fingerprint density at radius 1 is 1.26 bits per heavy atom. The SMILES string of the molecule is Cc1cn2nc([C@@H]3CCCCN3C3OC3c3cc(Cl)ccc3NS(C)(=O)=O)cc2nc1N1CC(O)C(C#N)C1. The molecule has 0 spiro atoms. The van der Waals surface area contributed by atoms with Crippen LogP contribution >= 0.6 is 11.6 Å². The van der Waals surface area contributed by atoms with Crippen LogP contribution in [-0.2, 0) is 14.8 Å². The van der Waals surface area contributed by atoms with Crippen LogP contribution in [0.2, 0.25) is 5.02 Å². The maximum absolute atomic E-state index is 11.9. The highest BCUT2D eigenvalue weighted by Crippen LogP contribution is 2.49. The first-order valence-corrected chi connectivity index (χ1v) is 15.3. The summed E-state index contributed by atoms with van der Waals surface area (Å²) >= 11 is 6.26. The Kier molecular flexibility index (Phi) is 6.68. The monoisotopic (exact) mass is 571 g/mol. The lowest BCUT2D eigenvalue weighted by Gasteiger charge is -2.33. The highest BCUT2D eigenvalue weighted by atomic mass is 35.5. The first-order valence-electron chi connectivity index (χ1n) is 13.0. The highest BCUT2D eigenvalue weighted by Gasteiger charge is 2.49. The predicted octanol–water partition coefficient (Wildman–Crippen LogP) is 3.01. The van der Waals surface area contributed by atoms with Crippen molar-refractivity contribution in [1.29, 1.82) is 5.26 Å². The molecule has 3 aromatic rings. The highest BCUT2D eigenvalue weighted by molar-refractivity contribution is 7.92. The summed E-state index contributed by atoms with van der Waals surface area (Å²) in [5.74, 6) is 0.321. The van der Waals surface area contributed by atoms with E-state index >= 15 is 0 Å². The van der Waals surface area contributed by atoms with Crippen LogP contribution in [0.25, 0.3) is 5.65 Å².